The summed E-state index contributed by atoms with van der Waals surface area (Å²) in [6.45, 7) is 0. The summed E-state index contributed by atoms with van der Waals surface area (Å²) in [5, 5.41) is 9.47. The molecule has 0 radical (unpaired) electrons. The number of carboxylic acids is 1. The largest absolute Gasteiger partial charge is 0.478 e. The lowest BCUT2D eigenvalue weighted by atomic mass is 9.87. The second kappa shape index (κ2) is 4.36. The van der Waals surface area contributed by atoms with Crippen molar-refractivity contribution in [3.8, 4) is 0 Å². The number of hydrogen-bond acceptors (Lipinski definition) is 2. The fraction of sp³-hybridized carbons (Fsp3) is 0.562. The Bertz CT molecular complexity index is 566. The molecule has 1 N–H and O–H groups in total. The number of nitrogens with zero attached hydrogens (tertiary/aromatic N) is 1. The molecular weight excluding hydrogens is 365 g/mol. The Hall–Kier alpha value is -0.780. The highest BCUT2D eigenvalue weighted by Gasteiger charge is 2.54. The van der Waals surface area contributed by atoms with E-state index in [9.17, 15) is 9.90 Å². The van der Waals surface area contributed by atoms with Gasteiger partial charge in [-0.3, -0.25) is 0 Å². The first-order valence-electron chi connectivity index (χ1n) is 7.39. The third kappa shape index (κ3) is 1.95. The molecule has 2 atom stereocenters. The Kier molecular flexibility index (Phi) is 2.81. The minimum Gasteiger partial charge on any atom is -0.478 e. The summed E-state index contributed by atoms with van der Waals surface area (Å²) in [6.07, 6.45) is 7.80. The SMILES string of the molecule is O=C(O)c1ccc(I)cc1N1[C@@H]2CC[C@H]1CC1(CC1)C2. The van der Waals surface area contributed by atoms with E-state index in [1.165, 1.54) is 38.5 Å². The Morgan fingerprint density at radius 2 is 1.90 bits per heavy atom. The molecule has 2 bridgehead atoms. The Balaban J connectivity index is 1.74. The Morgan fingerprint density at radius 1 is 1.25 bits per heavy atom. The molecule has 4 rings (SSSR count). The molecule has 106 valence electrons. The van der Waals surface area contributed by atoms with Gasteiger partial charge in [-0.05, 0) is 84.7 Å². The first kappa shape index (κ1) is 12.9. The van der Waals surface area contributed by atoms with Crippen LogP contribution in [0.4, 0.5) is 5.69 Å². The molecule has 2 saturated heterocycles. The van der Waals surface area contributed by atoms with Crippen LogP contribution in [0, 0.1) is 8.99 Å². The van der Waals surface area contributed by atoms with Crippen LogP contribution in [-0.2, 0) is 0 Å². The van der Waals surface area contributed by atoms with Crippen LogP contribution in [0.3, 0.4) is 0 Å². The highest BCUT2D eigenvalue weighted by Crippen LogP contribution is 2.60. The molecule has 0 amide bonds. The number of carboxylic acid groups (broad SMARTS) is 1. The predicted octanol–water partition coefficient (Wildman–Crippen LogP) is 3.90. The second-order valence-corrected chi connectivity index (χ2v) is 7.91. The molecule has 0 unspecified atom stereocenters. The number of fused-ring (bicyclic) bond motifs is 2. The van der Waals surface area contributed by atoms with Gasteiger partial charge in [0.05, 0.1) is 11.3 Å². The number of hydrogen-bond donors (Lipinski definition) is 1. The molecule has 0 aromatic heterocycles. The van der Waals surface area contributed by atoms with Crippen molar-refractivity contribution < 1.29 is 9.90 Å². The van der Waals surface area contributed by atoms with E-state index in [0.717, 1.165) is 9.26 Å². The fourth-order valence-electron chi connectivity index (χ4n) is 4.32. The molecule has 1 aromatic carbocycles. The summed E-state index contributed by atoms with van der Waals surface area (Å²) >= 11 is 2.28. The topological polar surface area (TPSA) is 40.5 Å². The maximum Gasteiger partial charge on any atom is 0.337 e. The van der Waals surface area contributed by atoms with Crippen molar-refractivity contribution in [3.63, 3.8) is 0 Å². The van der Waals surface area contributed by atoms with E-state index < -0.39 is 5.97 Å². The number of anilines is 1. The van der Waals surface area contributed by atoms with Crippen LogP contribution in [0.25, 0.3) is 0 Å². The molecule has 2 heterocycles. The Labute approximate surface area is 132 Å². The number of piperidine rings is 1. The first-order valence-corrected chi connectivity index (χ1v) is 8.47. The van der Waals surface area contributed by atoms with Crippen molar-refractivity contribution in [1.29, 1.82) is 0 Å². The zero-order valence-corrected chi connectivity index (χ0v) is 13.5. The predicted molar refractivity (Wildman–Crippen MR) is 86.3 cm³/mol. The normalized spacial score (nSPS) is 29.8. The Morgan fingerprint density at radius 3 is 2.45 bits per heavy atom. The van der Waals surface area contributed by atoms with E-state index in [-0.39, 0.29) is 0 Å². The van der Waals surface area contributed by atoms with Gasteiger partial charge in [0, 0.05) is 15.7 Å². The van der Waals surface area contributed by atoms with Gasteiger partial charge in [0.1, 0.15) is 0 Å². The summed E-state index contributed by atoms with van der Waals surface area (Å²) in [5.74, 6) is -0.803. The van der Waals surface area contributed by atoms with Crippen LogP contribution < -0.4 is 4.90 Å². The van der Waals surface area contributed by atoms with Gasteiger partial charge in [0.15, 0.2) is 0 Å². The van der Waals surface area contributed by atoms with E-state index >= 15 is 0 Å². The molecule has 1 spiro atoms. The van der Waals surface area contributed by atoms with Crippen LogP contribution in [0.1, 0.15) is 48.9 Å². The van der Waals surface area contributed by atoms with Gasteiger partial charge in [-0.2, -0.15) is 0 Å². The van der Waals surface area contributed by atoms with E-state index in [1.807, 2.05) is 6.07 Å². The van der Waals surface area contributed by atoms with Crippen molar-refractivity contribution >= 4 is 34.2 Å². The molecule has 1 aromatic rings. The van der Waals surface area contributed by atoms with Crippen LogP contribution in [0.2, 0.25) is 0 Å². The number of halogens is 1. The first-order chi connectivity index (χ1) is 9.58. The molecule has 3 fully saturated rings. The molecule has 1 saturated carbocycles. The monoisotopic (exact) mass is 383 g/mol. The summed E-state index contributed by atoms with van der Waals surface area (Å²) < 4.78 is 1.12. The summed E-state index contributed by atoms with van der Waals surface area (Å²) in [7, 11) is 0. The van der Waals surface area contributed by atoms with Gasteiger partial charge in [-0.1, -0.05) is 0 Å². The lowest BCUT2D eigenvalue weighted by Gasteiger charge is -2.41. The lowest BCUT2D eigenvalue weighted by Crippen LogP contribution is -2.44. The maximum absolute atomic E-state index is 11.5. The number of benzene rings is 1. The molecule has 3 aliphatic rings. The maximum atomic E-state index is 11.5. The van der Waals surface area contributed by atoms with Crippen molar-refractivity contribution in [2.45, 2.75) is 50.6 Å². The third-order valence-corrected chi connectivity index (χ3v) is 6.05. The number of rotatable bonds is 2. The molecule has 20 heavy (non-hydrogen) atoms. The van der Waals surface area contributed by atoms with Gasteiger partial charge in [0.25, 0.3) is 0 Å². The summed E-state index contributed by atoms with van der Waals surface area (Å²) in [5.41, 5.74) is 2.05. The zero-order chi connectivity index (χ0) is 13.9. The van der Waals surface area contributed by atoms with Gasteiger partial charge in [-0.25, -0.2) is 4.79 Å². The van der Waals surface area contributed by atoms with E-state index in [4.69, 9.17) is 0 Å². The standard InChI is InChI=1S/C16H18INO2/c17-10-1-4-13(15(19)20)14(7-10)18-11-2-3-12(18)9-16(8-11)5-6-16/h1,4,7,11-12H,2-3,5-6,8-9H2,(H,19,20)/t11-,12+. The summed E-state index contributed by atoms with van der Waals surface area (Å²) in [6, 6.07) is 6.84. The van der Waals surface area contributed by atoms with Crippen molar-refractivity contribution in [2.24, 2.45) is 5.41 Å². The summed E-state index contributed by atoms with van der Waals surface area (Å²) in [4.78, 5) is 14.0. The van der Waals surface area contributed by atoms with Crippen molar-refractivity contribution in [1.82, 2.24) is 0 Å². The highest BCUT2D eigenvalue weighted by atomic mass is 127. The smallest absolute Gasteiger partial charge is 0.337 e. The van der Waals surface area contributed by atoms with Crippen molar-refractivity contribution in [2.75, 3.05) is 4.90 Å². The molecular formula is C16H18INO2. The van der Waals surface area contributed by atoms with Crippen LogP contribution in [0.15, 0.2) is 18.2 Å². The highest BCUT2D eigenvalue weighted by molar-refractivity contribution is 14.1. The fourth-order valence-corrected chi connectivity index (χ4v) is 4.80. The quantitative estimate of drug-likeness (QED) is 0.788. The number of aromatic carboxylic acids is 1. The van der Waals surface area contributed by atoms with E-state index in [1.54, 1.807) is 6.07 Å². The van der Waals surface area contributed by atoms with Gasteiger partial charge in [-0.15, -0.1) is 0 Å². The second-order valence-electron chi connectivity index (χ2n) is 6.67. The molecule has 4 heteroatoms. The van der Waals surface area contributed by atoms with Crippen LogP contribution in [-0.4, -0.2) is 23.2 Å². The average molecular weight is 383 g/mol. The lowest BCUT2D eigenvalue weighted by molar-refractivity contribution is 0.0697. The number of carbonyl (C=O) groups is 1. The zero-order valence-electron chi connectivity index (χ0n) is 11.3. The average Bonchev–Trinajstić information content (AvgIpc) is 3.08. The van der Waals surface area contributed by atoms with Crippen LogP contribution in [0.5, 0.6) is 0 Å². The van der Waals surface area contributed by atoms with E-state index in [0.29, 0.717) is 23.1 Å². The van der Waals surface area contributed by atoms with E-state index in [2.05, 4.69) is 33.6 Å². The van der Waals surface area contributed by atoms with Gasteiger partial charge >= 0.3 is 5.97 Å². The van der Waals surface area contributed by atoms with Gasteiger partial charge < -0.3 is 10.0 Å². The molecule has 3 nitrogen and oxygen atoms in total. The van der Waals surface area contributed by atoms with Gasteiger partial charge in [0.2, 0.25) is 0 Å². The molecule has 2 aliphatic heterocycles. The van der Waals surface area contributed by atoms with Crippen molar-refractivity contribution in [3.05, 3.63) is 27.3 Å². The minimum absolute atomic E-state index is 0.467. The third-order valence-electron chi connectivity index (χ3n) is 5.38. The van der Waals surface area contributed by atoms with Crippen LogP contribution >= 0.6 is 22.6 Å². The minimum atomic E-state index is -0.803. The molecule has 1 aliphatic carbocycles.